The van der Waals surface area contributed by atoms with Crippen molar-refractivity contribution in [3.05, 3.63) is 12.2 Å². The standard InChI is InChI=1S/C8H11Br/c9-5-8-4-6-1-2-7(8)3-6/h1-2,6-8H,3-5H2/t6-,7-,8-/m0/s1. The smallest absolute Gasteiger partial charge is 0.00655 e. The third-order valence-electron chi connectivity index (χ3n) is 2.61. The second kappa shape index (κ2) is 2.12. The zero-order valence-corrected chi connectivity index (χ0v) is 6.97. The molecule has 0 N–H and O–H groups in total. The van der Waals surface area contributed by atoms with Crippen molar-refractivity contribution in [3.63, 3.8) is 0 Å². The van der Waals surface area contributed by atoms with Gasteiger partial charge in [-0.1, -0.05) is 28.1 Å². The molecule has 2 bridgehead atoms. The molecule has 0 radical (unpaired) electrons. The van der Waals surface area contributed by atoms with Gasteiger partial charge in [-0.05, 0) is 30.6 Å². The molecule has 1 heteroatoms. The van der Waals surface area contributed by atoms with Gasteiger partial charge in [0.1, 0.15) is 0 Å². The molecule has 2 aliphatic carbocycles. The molecule has 2 rings (SSSR count). The van der Waals surface area contributed by atoms with E-state index < -0.39 is 0 Å². The fraction of sp³-hybridized carbons (Fsp3) is 0.750. The summed E-state index contributed by atoms with van der Waals surface area (Å²) in [7, 11) is 0. The van der Waals surface area contributed by atoms with Crippen LogP contribution in [0.4, 0.5) is 0 Å². The van der Waals surface area contributed by atoms with Gasteiger partial charge in [0.15, 0.2) is 0 Å². The summed E-state index contributed by atoms with van der Waals surface area (Å²) in [4.78, 5) is 0. The van der Waals surface area contributed by atoms with Gasteiger partial charge in [-0.2, -0.15) is 0 Å². The number of rotatable bonds is 1. The van der Waals surface area contributed by atoms with Crippen LogP contribution in [0, 0.1) is 17.8 Å². The highest BCUT2D eigenvalue weighted by atomic mass is 79.9. The van der Waals surface area contributed by atoms with E-state index in [1.54, 1.807) is 0 Å². The highest BCUT2D eigenvalue weighted by molar-refractivity contribution is 9.09. The fourth-order valence-corrected chi connectivity index (χ4v) is 2.82. The van der Waals surface area contributed by atoms with Crippen molar-refractivity contribution in [2.75, 3.05) is 5.33 Å². The molecule has 0 aromatic carbocycles. The zero-order chi connectivity index (χ0) is 6.27. The molecule has 3 atom stereocenters. The molecule has 0 spiro atoms. The molecule has 0 aliphatic heterocycles. The number of fused-ring (bicyclic) bond motifs is 2. The molecule has 2 aliphatic rings. The Morgan fingerprint density at radius 2 is 2.22 bits per heavy atom. The van der Waals surface area contributed by atoms with E-state index in [1.807, 2.05) is 0 Å². The quantitative estimate of drug-likeness (QED) is 0.437. The fourth-order valence-electron chi connectivity index (χ4n) is 2.07. The van der Waals surface area contributed by atoms with Gasteiger partial charge in [0.05, 0.1) is 0 Å². The monoisotopic (exact) mass is 186 g/mol. The van der Waals surface area contributed by atoms with Crippen molar-refractivity contribution in [3.8, 4) is 0 Å². The lowest BCUT2D eigenvalue weighted by atomic mass is 9.96. The van der Waals surface area contributed by atoms with Crippen molar-refractivity contribution in [1.82, 2.24) is 0 Å². The Balaban J connectivity index is 2.10. The molecule has 0 nitrogen and oxygen atoms in total. The van der Waals surface area contributed by atoms with E-state index >= 15 is 0 Å². The van der Waals surface area contributed by atoms with Gasteiger partial charge in [-0.15, -0.1) is 0 Å². The minimum absolute atomic E-state index is 0.925. The first-order valence-corrected chi connectivity index (χ1v) is 4.76. The number of hydrogen-bond acceptors (Lipinski definition) is 0. The first kappa shape index (κ1) is 5.96. The molecule has 0 saturated heterocycles. The summed E-state index contributed by atoms with van der Waals surface area (Å²) in [6.45, 7) is 0. The predicted octanol–water partition coefficient (Wildman–Crippen LogP) is 2.59. The lowest BCUT2D eigenvalue weighted by Gasteiger charge is -2.13. The summed E-state index contributed by atoms with van der Waals surface area (Å²) in [6.07, 6.45) is 7.67. The molecule has 0 aromatic heterocycles. The van der Waals surface area contributed by atoms with E-state index in [1.165, 1.54) is 18.2 Å². The summed E-state index contributed by atoms with van der Waals surface area (Å²) < 4.78 is 0. The Morgan fingerprint density at radius 3 is 2.56 bits per heavy atom. The Hall–Kier alpha value is 0.220. The van der Waals surface area contributed by atoms with Gasteiger partial charge in [-0.3, -0.25) is 0 Å². The molecule has 50 valence electrons. The van der Waals surface area contributed by atoms with Crippen LogP contribution in [0.15, 0.2) is 12.2 Å². The number of allylic oxidation sites excluding steroid dienone is 2. The summed E-state index contributed by atoms with van der Waals surface area (Å²) in [6, 6.07) is 0. The van der Waals surface area contributed by atoms with Crippen molar-refractivity contribution in [2.45, 2.75) is 12.8 Å². The molecule has 1 fully saturated rings. The summed E-state index contributed by atoms with van der Waals surface area (Å²) in [5, 5.41) is 1.21. The third-order valence-corrected chi connectivity index (χ3v) is 3.45. The first-order valence-electron chi connectivity index (χ1n) is 3.64. The summed E-state index contributed by atoms with van der Waals surface area (Å²) in [5.41, 5.74) is 0. The van der Waals surface area contributed by atoms with E-state index in [-0.39, 0.29) is 0 Å². The van der Waals surface area contributed by atoms with Crippen LogP contribution in [-0.2, 0) is 0 Å². The van der Waals surface area contributed by atoms with Crippen LogP contribution in [0.3, 0.4) is 0 Å². The summed E-state index contributed by atoms with van der Waals surface area (Å²) >= 11 is 3.54. The zero-order valence-electron chi connectivity index (χ0n) is 5.39. The topological polar surface area (TPSA) is 0 Å². The Morgan fingerprint density at radius 1 is 1.33 bits per heavy atom. The second-order valence-corrected chi connectivity index (χ2v) is 3.84. The van der Waals surface area contributed by atoms with Crippen molar-refractivity contribution in [1.29, 1.82) is 0 Å². The van der Waals surface area contributed by atoms with Crippen LogP contribution in [0.1, 0.15) is 12.8 Å². The molecule has 1 saturated carbocycles. The highest BCUT2D eigenvalue weighted by Gasteiger charge is 2.34. The maximum atomic E-state index is 3.54. The van der Waals surface area contributed by atoms with E-state index in [0.29, 0.717) is 0 Å². The van der Waals surface area contributed by atoms with Gasteiger partial charge in [0, 0.05) is 5.33 Å². The predicted molar refractivity (Wildman–Crippen MR) is 42.6 cm³/mol. The average molecular weight is 187 g/mol. The van der Waals surface area contributed by atoms with Crippen LogP contribution in [0.5, 0.6) is 0 Å². The van der Waals surface area contributed by atoms with Crippen LogP contribution >= 0.6 is 15.9 Å². The minimum atomic E-state index is 0.925. The Labute approximate surface area is 64.5 Å². The first-order chi connectivity index (χ1) is 4.40. The largest absolute Gasteiger partial charge is 0.0925 e. The number of alkyl halides is 1. The van der Waals surface area contributed by atoms with E-state index in [2.05, 4.69) is 28.1 Å². The molecule has 0 heterocycles. The third kappa shape index (κ3) is 0.861. The van der Waals surface area contributed by atoms with Crippen LogP contribution in [0.2, 0.25) is 0 Å². The van der Waals surface area contributed by atoms with Gasteiger partial charge in [0.2, 0.25) is 0 Å². The van der Waals surface area contributed by atoms with E-state index in [0.717, 1.165) is 17.8 Å². The second-order valence-electron chi connectivity index (χ2n) is 3.19. The summed E-state index contributed by atoms with van der Waals surface area (Å²) in [5.74, 6) is 2.83. The lowest BCUT2D eigenvalue weighted by Crippen LogP contribution is -2.07. The van der Waals surface area contributed by atoms with Crippen molar-refractivity contribution >= 4 is 15.9 Å². The van der Waals surface area contributed by atoms with Crippen molar-refractivity contribution < 1.29 is 0 Å². The normalized spacial score (nSPS) is 46.6. The van der Waals surface area contributed by atoms with Gasteiger partial charge >= 0.3 is 0 Å². The molecular weight excluding hydrogens is 176 g/mol. The average Bonchev–Trinajstić information content (AvgIpc) is 2.45. The molecule has 0 amide bonds. The van der Waals surface area contributed by atoms with E-state index in [4.69, 9.17) is 0 Å². The maximum Gasteiger partial charge on any atom is 0.00655 e. The maximum absolute atomic E-state index is 3.54. The van der Waals surface area contributed by atoms with Gasteiger partial charge in [-0.25, -0.2) is 0 Å². The van der Waals surface area contributed by atoms with Gasteiger partial charge < -0.3 is 0 Å². The SMILES string of the molecule is BrC[C@@H]1C[C@H]2C=C[C@H]1C2. The number of hydrogen-bond donors (Lipinski definition) is 0. The molecular formula is C8H11Br. The van der Waals surface area contributed by atoms with Crippen molar-refractivity contribution in [2.24, 2.45) is 17.8 Å². The van der Waals surface area contributed by atoms with Gasteiger partial charge in [0.25, 0.3) is 0 Å². The minimum Gasteiger partial charge on any atom is -0.0925 e. The Kier molecular flexibility index (Phi) is 1.40. The van der Waals surface area contributed by atoms with E-state index in [9.17, 15) is 0 Å². The van der Waals surface area contributed by atoms with Crippen LogP contribution in [0.25, 0.3) is 0 Å². The van der Waals surface area contributed by atoms with Crippen LogP contribution in [-0.4, -0.2) is 5.33 Å². The number of halogens is 1. The molecule has 9 heavy (non-hydrogen) atoms. The Bertz CT molecular complexity index is 140. The molecule has 0 unspecified atom stereocenters. The molecule has 0 aromatic rings. The lowest BCUT2D eigenvalue weighted by molar-refractivity contribution is 0.505. The highest BCUT2D eigenvalue weighted by Crippen LogP contribution is 2.43. The van der Waals surface area contributed by atoms with Crippen LogP contribution < -0.4 is 0 Å².